The molecule has 0 saturated heterocycles. The molecule has 0 heterocycles. The zero-order chi connectivity index (χ0) is 17.7. The SMILES string of the molecule is COc1ccc(/C(C#N)=C/c2ccccc2S(=O)(=O)O)cc1OC. The predicted octanol–water partition coefficient (Wildman–Crippen LogP) is 3.01. The summed E-state index contributed by atoms with van der Waals surface area (Å²) in [5.74, 6) is 0.955. The van der Waals surface area contributed by atoms with Gasteiger partial charge in [0, 0.05) is 0 Å². The third-order valence-electron chi connectivity index (χ3n) is 3.31. The molecule has 2 aromatic carbocycles. The molecule has 0 aliphatic carbocycles. The summed E-state index contributed by atoms with van der Waals surface area (Å²) >= 11 is 0. The molecule has 0 radical (unpaired) electrons. The van der Waals surface area contributed by atoms with Crippen molar-refractivity contribution in [2.45, 2.75) is 4.90 Å². The van der Waals surface area contributed by atoms with Crippen LogP contribution in [0.3, 0.4) is 0 Å². The van der Waals surface area contributed by atoms with Crippen molar-refractivity contribution in [3.63, 3.8) is 0 Å². The van der Waals surface area contributed by atoms with Gasteiger partial charge < -0.3 is 9.47 Å². The lowest BCUT2D eigenvalue weighted by Gasteiger charge is -2.09. The molecule has 0 aromatic heterocycles. The summed E-state index contributed by atoms with van der Waals surface area (Å²) in [6.07, 6.45) is 1.39. The molecular formula is C17H15NO5S. The van der Waals surface area contributed by atoms with E-state index in [1.165, 1.54) is 38.5 Å². The Hall–Kier alpha value is -2.82. The normalized spacial score (nSPS) is 11.7. The molecular weight excluding hydrogens is 330 g/mol. The summed E-state index contributed by atoms with van der Waals surface area (Å²) in [6.45, 7) is 0. The van der Waals surface area contributed by atoms with Crippen molar-refractivity contribution < 1.29 is 22.4 Å². The highest BCUT2D eigenvalue weighted by Gasteiger charge is 2.15. The summed E-state index contributed by atoms with van der Waals surface area (Å²) in [7, 11) is -1.41. The van der Waals surface area contributed by atoms with E-state index in [1.807, 2.05) is 6.07 Å². The van der Waals surface area contributed by atoms with Gasteiger partial charge in [0.2, 0.25) is 0 Å². The van der Waals surface area contributed by atoms with Gasteiger partial charge in [-0.25, -0.2) is 0 Å². The second-order valence-electron chi connectivity index (χ2n) is 4.75. The Kier molecular flexibility index (Phi) is 5.24. The van der Waals surface area contributed by atoms with Gasteiger partial charge in [0.15, 0.2) is 11.5 Å². The van der Waals surface area contributed by atoms with E-state index in [2.05, 4.69) is 0 Å². The number of benzene rings is 2. The summed E-state index contributed by atoms with van der Waals surface area (Å²) in [6, 6.07) is 12.8. The van der Waals surface area contributed by atoms with Crippen LogP contribution in [0.1, 0.15) is 11.1 Å². The van der Waals surface area contributed by atoms with Crippen LogP contribution in [-0.2, 0) is 10.1 Å². The van der Waals surface area contributed by atoms with Gasteiger partial charge in [-0.15, -0.1) is 0 Å². The molecule has 2 aromatic rings. The summed E-state index contributed by atoms with van der Waals surface area (Å²) in [5, 5.41) is 9.42. The predicted molar refractivity (Wildman–Crippen MR) is 89.3 cm³/mol. The lowest BCUT2D eigenvalue weighted by molar-refractivity contribution is 0.355. The van der Waals surface area contributed by atoms with Crippen molar-refractivity contribution in [1.29, 1.82) is 5.26 Å². The maximum Gasteiger partial charge on any atom is 0.295 e. The Balaban J connectivity index is 2.59. The second-order valence-corrected chi connectivity index (χ2v) is 6.14. The molecule has 24 heavy (non-hydrogen) atoms. The van der Waals surface area contributed by atoms with Crippen LogP contribution >= 0.6 is 0 Å². The zero-order valence-electron chi connectivity index (χ0n) is 13.1. The van der Waals surface area contributed by atoms with Crippen LogP contribution in [0, 0.1) is 11.3 Å². The topological polar surface area (TPSA) is 96.6 Å². The fourth-order valence-corrected chi connectivity index (χ4v) is 2.85. The van der Waals surface area contributed by atoms with Crippen molar-refractivity contribution in [3.8, 4) is 17.6 Å². The molecule has 0 aliphatic heterocycles. The van der Waals surface area contributed by atoms with Gasteiger partial charge in [0.25, 0.3) is 10.1 Å². The van der Waals surface area contributed by atoms with Gasteiger partial charge in [-0.1, -0.05) is 18.2 Å². The molecule has 6 nitrogen and oxygen atoms in total. The molecule has 0 fully saturated rings. The molecule has 0 unspecified atom stereocenters. The van der Waals surface area contributed by atoms with E-state index in [-0.39, 0.29) is 16.0 Å². The largest absolute Gasteiger partial charge is 0.493 e. The van der Waals surface area contributed by atoms with Crippen molar-refractivity contribution >= 4 is 21.8 Å². The van der Waals surface area contributed by atoms with Gasteiger partial charge in [0.05, 0.1) is 25.9 Å². The fourth-order valence-electron chi connectivity index (χ4n) is 2.17. The Labute approximate surface area is 140 Å². The van der Waals surface area contributed by atoms with Crippen LogP contribution in [0.4, 0.5) is 0 Å². The molecule has 0 amide bonds. The molecule has 1 N–H and O–H groups in total. The number of rotatable bonds is 5. The minimum Gasteiger partial charge on any atom is -0.493 e. The molecule has 0 spiro atoms. The molecule has 7 heteroatoms. The van der Waals surface area contributed by atoms with Gasteiger partial charge in [0.1, 0.15) is 4.90 Å². The fraction of sp³-hybridized carbons (Fsp3) is 0.118. The van der Waals surface area contributed by atoms with Crippen LogP contribution in [0.15, 0.2) is 47.4 Å². The number of nitriles is 1. The quantitative estimate of drug-likeness (QED) is 0.508. The van der Waals surface area contributed by atoms with E-state index in [0.717, 1.165) is 0 Å². The Morgan fingerprint density at radius 2 is 1.79 bits per heavy atom. The zero-order valence-corrected chi connectivity index (χ0v) is 13.9. The number of hydrogen-bond acceptors (Lipinski definition) is 5. The van der Waals surface area contributed by atoms with E-state index in [9.17, 15) is 18.2 Å². The first-order valence-electron chi connectivity index (χ1n) is 6.81. The maximum atomic E-state index is 11.5. The highest BCUT2D eigenvalue weighted by atomic mass is 32.2. The molecule has 0 bridgehead atoms. The smallest absolute Gasteiger partial charge is 0.295 e. The van der Waals surface area contributed by atoms with E-state index in [0.29, 0.717) is 17.1 Å². The first-order valence-corrected chi connectivity index (χ1v) is 8.25. The van der Waals surface area contributed by atoms with Crippen LogP contribution in [0.2, 0.25) is 0 Å². The van der Waals surface area contributed by atoms with E-state index in [1.54, 1.807) is 24.3 Å². The minimum absolute atomic E-state index is 0.214. The Morgan fingerprint density at radius 1 is 1.12 bits per heavy atom. The molecule has 124 valence electrons. The Morgan fingerprint density at radius 3 is 2.38 bits per heavy atom. The van der Waals surface area contributed by atoms with Crippen molar-refractivity contribution in [1.82, 2.24) is 0 Å². The van der Waals surface area contributed by atoms with Crippen molar-refractivity contribution in [2.24, 2.45) is 0 Å². The lowest BCUT2D eigenvalue weighted by Crippen LogP contribution is -2.00. The lowest BCUT2D eigenvalue weighted by atomic mass is 10.0. The number of hydrogen-bond donors (Lipinski definition) is 1. The third-order valence-corrected chi connectivity index (χ3v) is 4.24. The van der Waals surface area contributed by atoms with E-state index >= 15 is 0 Å². The highest BCUT2D eigenvalue weighted by molar-refractivity contribution is 7.85. The third kappa shape index (κ3) is 3.74. The average Bonchev–Trinajstić information content (AvgIpc) is 2.58. The first kappa shape index (κ1) is 17.5. The van der Waals surface area contributed by atoms with Crippen LogP contribution in [0.5, 0.6) is 11.5 Å². The van der Waals surface area contributed by atoms with E-state index < -0.39 is 10.1 Å². The second kappa shape index (κ2) is 7.17. The summed E-state index contributed by atoms with van der Waals surface area (Å²) < 4.78 is 42.6. The maximum absolute atomic E-state index is 11.5. The first-order chi connectivity index (χ1) is 11.4. The van der Waals surface area contributed by atoms with Crippen LogP contribution < -0.4 is 9.47 Å². The summed E-state index contributed by atoms with van der Waals surface area (Å²) in [5.41, 5.74) is 0.957. The number of allylic oxidation sites excluding steroid dienone is 1. The standard InChI is InChI=1S/C17H15NO5S/c1-22-15-8-7-12(10-16(15)23-2)14(11-18)9-13-5-3-4-6-17(13)24(19,20)21/h3-10H,1-2H3,(H,19,20,21)/b14-9+. The number of methoxy groups -OCH3 is 2. The minimum atomic E-state index is -4.39. The molecule has 0 atom stereocenters. The van der Waals surface area contributed by atoms with E-state index in [4.69, 9.17) is 9.47 Å². The van der Waals surface area contributed by atoms with Gasteiger partial charge in [-0.2, -0.15) is 13.7 Å². The molecule has 0 saturated carbocycles. The van der Waals surface area contributed by atoms with Crippen molar-refractivity contribution in [2.75, 3.05) is 14.2 Å². The Bertz CT molecular complexity index is 926. The average molecular weight is 345 g/mol. The van der Waals surface area contributed by atoms with Gasteiger partial charge in [-0.3, -0.25) is 4.55 Å². The number of ether oxygens (including phenoxy) is 2. The van der Waals surface area contributed by atoms with Crippen LogP contribution in [0.25, 0.3) is 11.6 Å². The van der Waals surface area contributed by atoms with Crippen molar-refractivity contribution in [3.05, 3.63) is 53.6 Å². The van der Waals surface area contributed by atoms with Gasteiger partial charge in [-0.05, 0) is 41.5 Å². The number of nitrogens with zero attached hydrogens (tertiary/aromatic N) is 1. The molecule has 0 aliphatic rings. The summed E-state index contributed by atoms with van der Waals surface area (Å²) in [4.78, 5) is -0.266. The molecule has 2 rings (SSSR count). The highest BCUT2D eigenvalue weighted by Crippen LogP contribution is 2.31. The van der Waals surface area contributed by atoms with Gasteiger partial charge >= 0.3 is 0 Å². The monoisotopic (exact) mass is 345 g/mol. The van der Waals surface area contributed by atoms with Crippen LogP contribution in [-0.4, -0.2) is 27.2 Å².